The molecule has 0 amide bonds. The van der Waals surface area contributed by atoms with E-state index in [2.05, 4.69) is 35.0 Å². The molecule has 2 nitrogen and oxygen atoms in total. The molecule has 1 atom stereocenters. The molecule has 0 radical (unpaired) electrons. The van der Waals surface area contributed by atoms with Gasteiger partial charge in [-0.1, -0.05) is 22.9 Å². The first-order valence-electron chi connectivity index (χ1n) is 5.83. The summed E-state index contributed by atoms with van der Waals surface area (Å²) in [6.45, 7) is 2.15. The topological polar surface area (TPSA) is 35.2 Å². The van der Waals surface area contributed by atoms with Crippen LogP contribution >= 0.6 is 27.3 Å². The van der Waals surface area contributed by atoms with E-state index in [1.807, 2.05) is 18.2 Å². The van der Waals surface area contributed by atoms with Crippen molar-refractivity contribution in [1.82, 2.24) is 0 Å². The highest BCUT2D eigenvalue weighted by atomic mass is 79.9. The molecule has 1 aromatic heterocycles. The predicted octanol–water partition coefficient (Wildman–Crippen LogP) is 4.13. The average molecular weight is 326 g/mol. The van der Waals surface area contributed by atoms with E-state index in [1.54, 1.807) is 18.4 Å². The van der Waals surface area contributed by atoms with E-state index in [4.69, 9.17) is 10.5 Å². The molecule has 96 valence electrons. The van der Waals surface area contributed by atoms with Gasteiger partial charge < -0.3 is 10.5 Å². The van der Waals surface area contributed by atoms with Crippen molar-refractivity contribution in [3.8, 4) is 5.75 Å². The number of aryl methyl sites for hydroxylation is 1. The van der Waals surface area contributed by atoms with Crippen molar-refractivity contribution < 1.29 is 4.74 Å². The van der Waals surface area contributed by atoms with Crippen molar-refractivity contribution in [3.63, 3.8) is 0 Å². The lowest BCUT2D eigenvalue weighted by molar-refractivity contribution is 0.408. The number of hydrogen-bond donors (Lipinski definition) is 1. The van der Waals surface area contributed by atoms with E-state index in [-0.39, 0.29) is 6.04 Å². The Kier molecular flexibility index (Phi) is 4.43. The molecule has 2 rings (SSSR count). The number of thiophene rings is 1. The maximum absolute atomic E-state index is 6.34. The molecule has 0 fully saturated rings. The van der Waals surface area contributed by atoms with Gasteiger partial charge in [-0.2, -0.15) is 0 Å². The number of nitrogens with two attached hydrogens (primary N) is 1. The fraction of sp³-hybridized carbons (Fsp3) is 0.286. The second kappa shape index (κ2) is 5.87. The zero-order chi connectivity index (χ0) is 13.1. The summed E-state index contributed by atoms with van der Waals surface area (Å²) < 4.78 is 6.39. The van der Waals surface area contributed by atoms with Crippen LogP contribution in [-0.2, 0) is 6.42 Å². The van der Waals surface area contributed by atoms with E-state index >= 15 is 0 Å². The van der Waals surface area contributed by atoms with Crippen molar-refractivity contribution in [2.45, 2.75) is 19.4 Å². The molecule has 0 aliphatic rings. The Labute approximate surface area is 120 Å². The van der Waals surface area contributed by atoms with Crippen molar-refractivity contribution in [2.75, 3.05) is 7.11 Å². The highest BCUT2D eigenvalue weighted by Crippen LogP contribution is 2.33. The summed E-state index contributed by atoms with van der Waals surface area (Å²) in [7, 11) is 1.67. The first-order valence-corrected chi connectivity index (χ1v) is 7.44. The molecule has 1 unspecified atom stereocenters. The SMILES string of the molecule is CCc1ccc(C(N)c2cc(Br)ccc2OC)s1. The number of rotatable bonds is 4. The van der Waals surface area contributed by atoms with Gasteiger partial charge >= 0.3 is 0 Å². The van der Waals surface area contributed by atoms with Crippen LogP contribution in [0.25, 0.3) is 0 Å². The van der Waals surface area contributed by atoms with Crippen LogP contribution in [0.3, 0.4) is 0 Å². The molecular formula is C14H16BrNOS. The summed E-state index contributed by atoms with van der Waals surface area (Å²) in [5.74, 6) is 0.831. The van der Waals surface area contributed by atoms with Crippen LogP contribution in [0.1, 0.15) is 28.3 Å². The van der Waals surface area contributed by atoms with Gasteiger partial charge in [0.05, 0.1) is 13.2 Å². The summed E-state index contributed by atoms with van der Waals surface area (Å²) in [5.41, 5.74) is 7.35. The van der Waals surface area contributed by atoms with Gasteiger partial charge in [0.2, 0.25) is 0 Å². The Morgan fingerprint density at radius 2 is 2.11 bits per heavy atom. The Morgan fingerprint density at radius 1 is 1.33 bits per heavy atom. The quantitative estimate of drug-likeness (QED) is 0.917. The van der Waals surface area contributed by atoms with Crippen molar-refractivity contribution in [1.29, 1.82) is 0 Å². The van der Waals surface area contributed by atoms with Gasteiger partial charge in [0.25, 0.3) is 0 Å². The van der Waals surface area contributed by atoms with Crippen LogP contribution in [-0.4, -0.2) is 7.11 Å². The number of halogens is 1. The van der Waals surface area contributed by atoms with Crippen LogP contribution in [0.4, 0.5) is 0 Å². The lowest BCUT2D eigenvalue weighted by Crippen LogP contribution is -2.11. The average Bonchev–Trinajstić information content (AvgIpc) is 2.86. The third-order valence-corrected chi connectivity index (χ3v) is 4.67. The molecule has 1 aromatic carbocycles. The molecular weight excluding hydrogens is 310 g/mol. The van der Waals surface area contributed by atoms with Gasteiger partial charge in [0.1, 0.15) is 5.75 Å². The Hall–Kier alpha value is -0.840. The van der Waals surface area contributed by atoms with Crippen molar-refractivity contribution >= 4 is 27.3 Å². The largest absolute Gasteiger partial charge is 0.496 e. The molecule has 0 bridgehead atoms. The Balaban J connectivity index is 2.38. The smallest absolute Gasteiger partial charge is 0.124 e. The third-order valence-electron chi connectivity index (χ3n) is 2.86. The summed E-state index contributed by atoms with van der Waals surface area (Å²) in [6, 6.07) is 10.0. The second-order valence-electron chi connectivity index (χ2n) is 4.02. The maximum Gasteiger partial charge on any atom is 0.124 e. The van der Waals surface area contributed by atoms with Crippen LogP contribution in [0, 0.1) is 0 Å². The minimum atomic E-state index is -0.136. The number of benzene rings is 1. The molecule has 2 N–H and O–H groups in total. The van der Waals surface area contributed by atoms with E-state index in [9.17, 15) is 0 Å². The molecule has 2 aromatic rings. The summed E-state index contributed by atoms with van der Waals surface area (Å²) in [6.07, 6.45) is 1.05. The van der Waals surface area contributed by atoms with E-state index < -0.39 is 0 Å². The van der Waals surface area contributed by atoms with Gasteiger partial charge in [-0.3, -0.25) is 0 Å². The lowest BCUT2D eigenvalue weighted by atomic mass is 10.1. The van der Waals surface area contributed by atoms with E-state index in [0.29, 0.717) is 0 Å². The highest BCUT2D eigenvalue weighted by molar-refractivity contribution is 9.10. The maximum atomic E-state index is 6.34. The van der Waals surface area contributed by atoms with Crippen LogP contribution in [0.15, 0.2) is 34.8 Å². The summed E-state index contributed by atoms with van der Waals surface area (Å²) >= 11 is 5.24. The molecule has 0 saturated carbocycles. The standard InChI is InChI=1S/C14H16BrNOS/c1-3-10-5-7-13(18-10)14(16)11-8-9(15)4-6-12(11)17-2/h4-8,14H,3,16H2,1-2H3. The predicted molar refractivity (Wildman–Crippen MR) is 80.4 cm³/mol. The normalized spacial score (nSPS) is 12.4. The first-order chi connectivity index (χ1) is 8.65. The molecule has 0 spiro atoms. The molecule has 1 heterocycles. The summed E-state index contributed by atoms with van der Waals surface area (Å²) in [4.78, 5) is 2.53. The Bertz CT molecular complexity index is 538. The molecule has 0 saturated heterocycles. The fourth-order valence-electron chi connectivity index (χ4n) is 1.85. The molecule has 0 aliphatic carbocycles. The van der Waals surface area contributed by atoms with Crippen LogP contribution in [0.2, 0.25) is 0 Å². The van der Waals surface area contributed by atoms with Crippen molar-refractivity contribution in [2.24, 2.45) is 5.73 Å². The van der Waals surface area contributed by atoms with Crippen molar-refractivity contribution in [3.05, 3.63) is 50.1 Å². The van der Waals surface area contributed by atoms with Gasteiger partial charge in [-0.05, 0) is 36.8 Å². The zero-order valence-corrected chi connectivity index (χ0v) is 12.8. The van der Waals surface area contributed by atoms with E-state index in [0.717, 1.165) is 22.2 Å². The van der Waals surface area contributed by atoms with Gasteiger partial charge in [0, 0.05) is 19.8 Å². The number of hydrogen-bond acceptors (Lipinski definition) is 3. The van der Waals surface area contributed by atoms with Gasteiger partial charge in [-0.15, -0.1) is 11.3 Å². The monoisotopic (exact) mass is 325 g/mol. The van der Waals surface area contributed by atoms with Crippen LogP contribution in [0.5, 0.6) is 5.75 Å². The van der Waals surface area contributed by atoms with Gasteiger partial charge in [-0.25, -0.2) is 0 Å². The molecule has 0 aliphatic heterocycles. The first kappa shape index (κ1) is 13.6. The zero-order valence-electron chi connectivity index (χ0n) is 10.4. The minimum absolute atomic E-state index is 0.136. The minimum Gasteiger partial charge on any atom is -0.496 e. The summed E-state index contributed by atoms with van der Waals surface area (Å²) in [5, 5.41) is 0. The lowest BCUT2D eigenvalue weighted by Gasteiger charge is -2.14. The molecule has 4 heteroatoms. The fourth-order valence-corrected chi connectivity index (χ4v) is 3.21. The van der Waals surface area contributed by atoms with Crippen LogP contribution < -0.4 is 10.5 Å². The number of methoxy groups -OCH3 is 1. The molecule has 18 heavy (non-hydrogen) atoms. The third kappa shape index (κ3) is 2.76. The van der Waals surface area contributed by atoms with E-state index in [1.165, 1.54) is 9.75 Å². The second-order valence-corrected chi connectivity index (χ2v) is 6.14. The Morgan fingerprint density at radius 3 is 2.72 bits per heavy atom. The number of ether oxygens (including phenoxy) is 1. The van der Waals surface area contributed by atoms with Gasteiger partial charge in [0.15, 0.2) is 0 Å². The highest BCUT2D eigenvalue weighted by Gasteiger charge is 2.16.